The number of rotatable bonds is 4. The molecule has 0 fully saturated rings. The molecule has 2 aromatic rings. The molecule has 2 nitrogen and oxygen atoms in total. The summed E-state index contributed by atoms with van der Waals surface area (Å²) in [6, 6.07) is 17.4. The second kappa shape index (κ2) is 5.69. The third-order valence-corrected chi connectivity index (χ3v) is 3.13. The fraction of sp³-hybridized carbons (Fsp3) is 0.133. The minimum atomic E-state index is -0.307. The van der Waals surface area contributed by atoms with E-state index in [2.05, 4.69) is 0 Å². The molecule has 92 valence electrons. The van der Waals surface area contributed by atoms with Crippen molar-refractivity contribution in [3.63, 3.8) is 0 Å². The van der Waals surface area contributed by atoms with Crippen molar-refractivity contribution in [2.75, 3.05) is 0 Å². The fourth-order valence-electron chi connectivity index (χ4n) is 2.01. The molecule has 0 aromatic heterocycles. The lowest BCUT2D eigenvalue weighted by molar-refractivity contribution is -0.118. The number of nitrogens with two attached hydrogens (primary N) is 1. The Balaban J connectivity index is 2.36. The second-order valence-corrected chi connectivity index (χ2v) is 4.62. The molecule has 1 amide bonds. The smallest absolute Gasteiger partial charge is 0.218 e. The van der Waals surface area contributed by atoms with E-state index < -0.39 is 0 Å². The monoisotopic (exact) mass is 259 g/mol. The Morgan fingerprint density at radius 3 is 2.11 bits per heavy atom. The topological polar surface area (TPSA) is 43.1 Å². The molecule has 1 atom stereocenters. The summed E-state index contributed by atoms with van der Waals surface area (Å²) >= 11 is 5.88. The highest BCUT2D eigenvalue weighted by molar-refractivity contribution is 6.30. The van der Waals surface area contributed by atoms with Crippen molar-refractivity contribution in [2.24, 2.45) is 5.73 Å². The Labute approximate surface area is 111 Å². The van der Waals surface area contributed by atoms with Crippen LogP contribution < -0.4 is 5.73 Å². The molecule has 0 aliphatic rings. The van der Waals surface area contributed by atoms with Crippen molar-refractivity contribution >= 4 is 17.5 Å². The molecule has 2 N–H and O–H groups in total. The highest BCUT2D eigenvalue weighted by Crippen LogP contribution is 2.28. The SMILES string of the molecule is NC(=O)C[C@@H](c1ccccc1)c1ccc(Cl)cc1. The van der Waals surface area contributed by atoms with E-state index in [4.69, 9.17) is 17.3 Å². The highest BCUT2D eigenvalue weighted by atomic mass is 35.5. The zero-order valence-electron chi connectivity index (χ0n) is 9.84. The summed E-state index contributed by atoms with van der Waals surface area (Å²) in [5.74, 6) is -0.320. The summed E-state index contributed by atoms with van der Waals surface area (Å²) in [7, 11) is 0. The number of primary amides is 1. The molecular weight excluding hydrogens is 246 g/mol. The largest absolute Gasteiger partial charge is 0.370 e. The fourth-order valence-corrected chi connectivity index (χ4v) is 2.14. The van der Waals surface area contributed by atoms with Crippen molar-refractivity contribution < 1.29 is 4.79 Å². The van der Waals surface area contributed by atoms with E-state index in [0.717, 1.165) is 11.1 Å². The van der Waals surface area contributed by atoms with Crippen LogP contribution in [0.2, 0.25) is 5.02 Å². The van der Waals surface area contributed by atoms with Gasteiger partial charge in [0.2, 0.25) is 5.91 Å². The van der Waals surface area contributed by atoms with Crippen LogP contribution in [-0.2, 0) is 4.79 Å². The number of carbonyl (C=O) groups is 1. The standard InChI is InChI=1S/C15H14ClNO/c16-13-8-6-12(7-9-13)14(10-15(17)18)11-4-2-1-3-5-11/h1-9,14H,10H2,(H2,17,18)/t14-/m0/s1. The Hall–Kier alpha value is -1.80. The maximum Gasteiger partial charge on any atom is 0.218 e. The molecule has 0 radical (unpaired) electrons. The molecule has 0 aliphatic carbocycles. The zero-order valence-corrected chi connectivity index (χ0v) is 10.6. The predicted octanol–water partition coefficient (Wildman–Crippen LogP) is 3.35. The summed E-state index contributed by atoms with van der Waals surface area (Å²) in [5.41, 5.74) is 7.46. The van der Waals surface area contributed by atoms with Gasteiger partial charge in [-0.15, -0.1) is 0 Å². The van der Waals surface area contributed by atoms with Crippen LogP contribution in [0.25, 0.3) is 0 Å². The van der Waals surface area contributed by atoms with Crippen molar-refractivity contribution in [1.82, 2.24) is 0 Å². The van der Waals surface area contributed by atoms with Crippen LogP contribution in [0.5, 0.6) is 0 Å². The van der Waals surface area contributed by atoms with Gasteiger partial charge in [0, 0.05) is 17.4 Å². The Kier molecular flexibility index (Phi) is 4.00. The van der Waals surface area contributed by atoms with Gasteiger partial charge in [0.05, 0.1) is 0 Å². The molecule has 18 heavy (non-hydrogen) atoms. The third-order valence-electron chi connectivity index (χ3n) is 2.88. The van der Waals surface area contributed by atoms with Crippen molar-refractivity contribution in [1.29, 1.82) is 0 Å². The number of benzene rings is 2. The van der Waals surface area contributed by atoms with E-state index in [1.807, 2.05) is 54.6 Å². The molecule has 0 heterocycles. The van der Waals surface area contributed by atoms with E-state index in [9.17, 15) is 4.79 Å². The van der Waals surface area contributed by atoms with E-state index in [1.165, 1.54) is 0 Å². The van der Waals surface area contributed by atoms with E-state index in [-0.39, 0.29) is 11.8 Å². The summed E-state index contributed by atoms with van der Waals surface area (Å²) in [5, 5.41) is 0.685. The molecule has 0 unspecified atom stereocenters. The first-order chi connectivity index (χ1) is 8.66. The first-order valence-electron chi connectivity index (χ1n) is 5.75. The van der Waals surface area contributed by atoms with Gasteiger partial charge in [-0.2, -0.15) is 0 Å². The lowest BCUT2D eigenvalue weighted by Crippen LogP contribution is -2.16. The van der Waals surface area contributed by atoms with Gasteiger partial charge >= 0.3 is 0 Å². The summed E-state index contributed by atoms with van der Waals surface area (Å²) in [4.78, 5) is 11.2. The van der Waals surface area contributed by atoms with Crippen LogP contribution in [0.4, 0.5) is 0 Å². The molecule has 2 aromatic carbocycles. The normalized spacial score (nSPS) is 12.1. The summed E-state index contributed by atoms with van der Waals surface area (Å²) < 4.78 is 0. The van der Waals surface area contributed by atoms with Gasteiger partial charge in [0.1, 0.15) is 0 Å². The molecule has 2 rings (SSSR count). The number of carbonyl (C=O) groups excluding carboxylic acids is 1. The highest BCUT2D eigenvalue weighted by Gasteiger charge is 2.16. The van der Waals surface area contributed by atoms with E-state index in [0.29, 0.717) is 11.4 Å². The van der Waals surface area contributed by atoms with Crippen molar-refractivity contribution in [2.45, 2.75) is 12.3 Å². The van der Waals surface area contributed by atoms with Gasteiger partial charge in [0.25, 0.3) is 0 Å². The average molecular weight is 260 g/mol. The Morgan fingerprint density at radius 1 is 1.00 bits per heavy atom. The maximum absolute atomic E-state index is 11.2. The van der Waals surface area contributed by atoms with Gasteiger partial charge in [-0.1, -0.05) is 54.1 Å². The van der Waals surface area contributed by atoms with Gasteiger partial charge in [0.15, 0.2) is 0 Å². The number of hydrogen-bond acceptors (Lipinski definition) is 1. The summed E-state index contributed by atoms with van der Waals surface area (Å²) in [6.45, 7) is 0. The number of amides is 1. The van der Waals surface area contributed by atoms with E-state index in [1.54, 1.807) is 0 Å². The number of halogens is 1. The van der Waals surface area contributed by atoms with Crippen molar-refractivity contribution in [3.8, 4) is 0 Å². The first-order valence-corrected chi connectivity index (χ1v) is 6.13. The van der Waals surface area contributed by atoms with Gasteiger partial charge in [-0.05, 0) is 23.3 Å². The van der Waals surface area contributed by atoms with Crippen LogP contribution in [0.3, 0.4) is 0 Å². The molecule has 0 aliphatic heterocycles. The van der Waals surface area contributed by atoms with Crippen LogP contribution in [-0.4, -0.2) is 5.91 Å². The zero-order chi connectivity index (χ0) is 13.0. The number of hydrogen-bond donors (Lipinski definition) is 1. The van der Waals surface area contributed by atoms with Gasteiger partial charge < -0.3 is 5.73 Å². The van der Waals surface area contributed by atoms with Gasteiger partial charge in [-0.3, -0.25) is 4.79 Å². The Bertz CT molecular complexity index is 522. The van der Waals surface area contributed by atoms with Gasteiger partial charge in [-0.25, -0.2) is 0 Å². The van der Waals surface area contributed by atoms with Crippen molar-refractivity contribution in [3.05, 3.63) is 70.7 Å². The first kappa shape index (κ1) is 12.7. The Morgan fingerprint density at radius 2 is 1.56 bits per heavy atom. The predicted molar refractivity (Wildman–Crippen MR) is 73.5 cm³/mol. The second-order valence-electron chi connectivity index (χ2n) is 4.19. The van der Waals surface area contributed by atoms with E-state index >= 15 is 0 Å². The van der Waals surface area contributed by atoms with Crippen LogP contribution in [0, 0.1) is 0 Å². The maximum atomic E-state index is 11.2. The minimum Gasteiger partial charge on any atom is -0.370 e. The minimum absolute atomic E-state index is 0.0130. The van der Waals surface area contributed by atoms with Crippen LogP contribution in [0.15, 0.2) is 54.6 Å². The molecule has 0 bridgehead atoms. The van der Waals surface area contributed by atoms with Crippen LogP contribution in [0.1, 0.15) is 23.5 Å². The van der Waals surface area contributed by atoms with Crippen LogP contribution >= 0.6 is 11.6 Å². The third kappa shape index (κ3) is 3.11. The molecule has 0 spiro atoms. The average Bonchev–Trinajstić information content (AvgIpc) is 2.38. The lowest BCUT2D eigenvalue weighted by atomic mass is 9.88. The molecule has 0 saturated heterocycles. The molecule has 0 saturated carbocycles. The quantitative estimate of drug-likeness (QED) is 0.899. The lowest BCUT2D eigenvalue weighted by Gasteiger charge is -2.16. The molecular formula is C15H14ClNO. The molecule has 3 heteroatoms. The summed E-state index contributed by atoms with van der Waals surface area (Å²) in [6.07, 6.45) is 0.297.